The van der Waals surface area contributed by atoms with Crippen molar-refractivity contribution >= 4 is 17.8 Å². The van der Waals surface area contributed by atoms with Gasteiger partial charge in [-0.1, -0.05) is 12.1 Å². The number of amides is 2. The number of carbonyl (C=O) groups excluding carboxylic acids is 2. The molecule has 8 heteroatoms. The molecule has 0 bridgehead atoms. The number of furan rings is 1. The lowest BCUT2D eigenvalue weighted by Gasteiger charge is -2.10. The lowest BCUT2D eigenvalue weighted by atomic mass is 10.1. The number of benzene rings is 1. The van der Waals surface area contributed by atoms with Crippen molar-refractivity contribution in [2.24, 2.45) is 10.7 Å². The molecule has 0 spiro atoms. The zero-order valence-electron chi connectivity index (χ0n) is 14.6. The van der Waals surface area contributed by atoms with Gasteiger partial charge >= 0.3 is 0 Å². The summed E-state index contributed by atoms with van der Waals surface area (Å²) in [6.07, 6.45) is 1.63. The highest BCUT2D eigenvalue weighted by Gasteiger charge is 2.06. The molecule has 8 nitrogen and oxygen atoms in total. The minimum Gasteiger partial charge on any atom is -0.467 e. The van der Waals surface area contributed by atoms with Crippen LogP contribution in [0.5, 0.6) is 0 Å². The highest BCUT2D eigenvalue weighted by molar-refractivity contribution is 5.96. The van der Waals surface area contributed by atoms with E-state index >= 15 is 0 Å². The van der Waals surface area contributed by atoms with Gasteiger partial charge in [-0.25, -0.2) is 4.99 Å². The SMILES string of the molecule is CCNC(=NCc1ccc(C(=O)NCC(N)=O)cc1)NCc1ccco1. The Labute approximate surface area is 151 Å². The Morgan fingerprint density at radius 2 is 1.88 bits per heavy atom. The van der Waals surface area contributed by atoms with Crippen molar-refractivity contribution in [3.05, 3.63) is 59.5 Å². The number of nitrogens with two attached hydrogens (primary N) is 1. The third kappa shape index (κ3) is 6.31. The third-order valence-corrected chi connectivity index (χ3v) is 3.41. The largest absolute Gasteiger partial charge is 0.467 e. The van der Waals surface area contributed by atoms with Crippen LogP contribution < -0.4 is 21.7 Å². The maximum atomic E-state index is 11.8. The van der Waals surface area contributed by atoms with E-state index in [1.54, 1.807) is 18.4 Å². The summed E-state index contributed by atoms with van der Waals surface area (Å²) in [5.74, 6) is 0.573. The zero-order chi connectivity index (χ0) is 18.8. The maximum Gasteiger partial charge on any atom is 0.251 e. The molecule has 0 aliphatic rings. The van der Waals surface area contributed by atoms with Gasteiger partial charge in [-0.15, -0.1) is 0 Å². The van der Waals surface area contributed by atoms with Gasteiger partial charge in [0.05, 0.1) is 25.9 Å². The molecule has 5 N–H and O–H groups in total. The fourth-order valence-corrected chi connectivity index (χ4v) is 2.13. The van der Waals surface area contributed by atoms with Crippen LogP contribution in [0.4, 0.5) is 0 Å². The summed E-state index contributed by atoms with van der Waals surface area (Å²) >= 11 is 0. The molecule has 2 rings (SSSR count). The Morgan fingerprint density at radius 1 is 1.12 bits per heavy atom. The summed E-state index contributed by atoms with van der Waals surface area (Å²) in [4.78, 5) is 27.0. The molecule has 1 aromatic heterocycles. The van der Waals surface area contributed by atoms with Crippen molar-refractivity contribution in [1.29, 1.82) is 0 Å². The van der Waals surface area contributed by atoms with Crippen LogP contribution in [-0.2, 0) is 17.9 Å². The predicted molar refractivity (Wildman–Crippen MR) is 98.3 cm³/mol. The van der Waals surface area contributed by atoms with Crippen LogP contribution >= 0.6 is 0 Å². The summed E-state index contributed by atoms with van der Waals surface area (Å²) in [7, 11) is 0. The molecule has 0 radical (unpaired) electrons. The number of nitrogens with zero attached hydrogens (tertiary/aromatic N) is 1. The van der Waals surface area contributed by atoms with Crippen LogP contribution in [0, 0.1) is 0 Å². The topological polar surface area (TPSA) is 122 Å². The molecule has 1 aromatic carbocycles. The number of primary amides is 1. The van der Waals surface area contributed by atoms with E-state index in [-0.39, 0.29) is 12.5 Å². The summed E-state index contributed by atoms with van der Waals surface area (Å²) in [6, 6.07) is 10.7. The van der Waals surface area contributed by atoms with Crippen LogP contribution in [-0.4, -0.2) is 30.9 Å². The Balaban J connectivity index is 1.91. The van der Waals surface area contributed by atoms with Gasteiger partial charge in [0.15, 0.2) is 5.96 Å². The van der Waals surface area contributed by atoms with Gasteiger partial charge in [-0.05, 0) is 36.8 Å². The molecular weight excluding hydrogens is 334 g/mol. The Kier molecular flexibility index (Phi) is 7.23. The average Bonchev–Trinajstić information content (AvgIpc) is 3.16. The second kappa shape index (κ2) is 9.87. The van der Waals surface area contributed by atoms with E-state index in [2.05, 4.69) is 20.9 Å². The molecule has 0 saturated heterocycles. The Morgan fingerprint density at radius 3 is 2.50 bits per heavy atom. The molecule has 0 saturated carbocycles. The molecule has 0 aliphatic heterocycles. The highest BCUT2D eigenvalue weighted by Crippen LogP contribution is 2.06. The lowest BCUT2D eigenvalue weighted by Crippen LogP contribution is -2.36. The number of guanidine groups is 1. The van der Waals surface area contributed by atoms with E-state index in [1.807, 2.05) is 31.2 Å². The zero-order valence-corrected chi connectivity index (χ0v) is 14.6. The number of aliphatic imine (C=N–C) groups is 1. The van der Waals surface area contributed by atoms with Gasteiger partial charge in [-0.2, -0.15) is 0 Å². The molecule has 138 valence electrons. The standard InChI is InChI=1S/C18H23N5O3/c1-2-20-18(23-11-15-4-3-9-26-15)22-10-13-5-7-14(8-6-13)17(25)21-12-16(19)24/h3-9H,2,10-12H2,1H3,(H2,19,24)(H,21,25)(H2,20,22,23). The van der Waals surface area contributed by atoms with Crippen molar-refractivity contribution in [2.45, 2.75) is 20.0 Å². The number of nitrogens with one attached hydrogen (secondary N) is 3. The molecule has 0 unspecified atom stereocenters. The number of carbonyl (C=O) groups is 2. The molecule has 0 aliphatic carbocycles. The molecule has 1 heterocycles. The molecule has 26 heavy (non-hydrogen) atoms. The molecular formula is C18H23N5O3. The van der Waals surface area contributed by atoms with E-state index in [0.717, 1.165) is 17.9 Å². The quantitative estimate of drug-likeness (QED) is 0.410. The van der Waals surface area contributed by atoms with Gasteiger partial charge < -0.3 is 26.1 Å². The second-order valence-electron chi connectivity index (χ2n) is 5.47. The van der Waals surface area contributed by atoms with Gasteiger partial charge in [0.1, 0.15) is 5.76 Å². The third-order valence-electron chi connectivity index (χ3n) is 3.41. The first-order valence-corrected chi connectivity index (χ1v) is 8.28. The predicted octanol–water partition coefficient (Wildman–Crippen LogP) is 0.750. The van der Waals surface area contributed by atoms with E-state index in [9.17, 15) is 9.59 Å². The van der Waals surface area contributed by atoms with Crippen LogP contribution in [0.25, 0.3) is 0 Å². The minimum atomic E-state index is -0.581. The number of hydrogen-bond donors (Lipinski definition) is 4. The van der Waals surface area contributed by atoms with Crippen LogP contribution in [0.2, 0.25) is 0 Å². The minimum absolute atomic E-state index is 0.182. The Bertz CT molecular complexity index is 739. The van der Waals surface area contributed by atoms with E-state index < -0.39 is 5.91 Å². The van der Waals surface area contributed by atoms with Gasteiger partial charge in [0, 0.05) is 12.1 Å². The lowest BCUT2D eigenvalue weighted by molar-refractivity contribution is -0.117. The van der Waals surface area contributed by atoms with E-state index in [4.69, 9.17) is 10.2 Å². The monoisotopic (exact) mass is 357 g/mol. The molecule has 2 amide bonds. The molecule has 0 fully saturated rings. The number of rotatable bonds is 8. The molecule has 2 aromatic rings. The Hall–Kier alpha value is -3.29. The first-order valence-electron chi connectivity index (χ1n) is 8.28. The fourth-order valence-electron chi connectivity index (χ4n) is 2.13. The summed E-state index contributed by atoms with van der Waals surface area (Å²) < 4.78 is 5.28. The molecule has 0 atom stereocenters. The van der Waals surface area contributed by atoms with Crippen molar-refractivity contribution in [1.82, 2.24) is 16.0 Å². The van der Waals surface area contributed by atoms with Crippen molar-refractivity contribution < 1.29 is 14.0 Å². The maximum absolute atomic E-state index is 11.8. The van der Waals surface area contributed by atoms with Crippen LogP contribution in [0.1, 0.15) is 28.6 Å². The first kappa shape index (κ1) is 19.0. The van der Waals surface area contributed by atoms with Gasteiger partial charge in [0.2, 0.25) is 5.91 Å². The second-order valence-corrected chi connectivity index (χ2v) is 5.47. The summed E-state index contributed by atoms with van der Waals surface area (Å²) in [6.45, 7) is 3.54. The smallest absolute Gasteiger partial charge is 0.251 e. The first-order chi connectivity index (χ1) is 12.6. The van der Waals surface area contributed by atoms with Gasteiger partial charge in [-0.3, -0.25) is 9.59 Å². The number of hydrogen-bond acceptors (Lipinski definition) is 4. The van der Waals surface area contributed by atoms with Crippen molar-refractivity contribution in [3.63, 3.8) is 0 Å². The van der Waals surface area contributed by atoms with Crippen LogP contribution in [0.15, 0.2) is 52.1 Å². The van der Waals surface area contributed by atoms with E-state index in [0.29, 0.717) is 24.6 Å². The summed E-state index contributed by atoms with van der Waals surface area (Å²) in [5, 5.41) is 8.79. The summed E-state index contributed by atoms with van der Waals surface area (Å²) in [5.41, 5.74) is 6.42. The van der Waals surface area contributed by atoms with Crippen molar-refractivity contribution in [3.8, 4) is 0 Å². The van der Waals surface area contributed by atoms with Gasteiger partial charge in [0.25, 0.3) is 5.91 Å². The van der Waals surface area contributed by atoms with E-state index in [1.165, 1.54) is 0 Å². The van der Waals surface area contributed by atoms with Crippen LogP contribution in [0.3, 0.4) is 0 Å². The fraction of sp³-hybridized carbons (Fsp3) is 0.278. The normalized spacial score (nSPS) is 11.0. The average molecular weight is 357 g/mol. The van der Waals surface area contributed by atoms with Crippen molar-refractivity contribution in [2.75, 3.05) is 13.1 Å². The highest BCUT2D eigenvalue weighted by atomic mass is 16.3.